The molecule has 3 N–H and O–H groups in total. The van der Waals surface area contributed by atoms with Crippen molar-refractivity contribution in [2.45, 2.75) is 0 Å². The molecule has 0 aliphatic carbocycles. The van der Waals surface area contributed by atoms with Gasteiger partial charge in [0.2, 0.25) is 10.0 Å². The topological polar surface area (TPSA) is 113 Å². The number of carboxylic acids is 1. The minimum atomic E-state index is -3.94. The Morgan fingerprint density at radius 3 is 2.35 bits per heavy atom. The lowest BCUT2D eigenvalue weighted by atomic mass is 10.2. The lowest BCUT2D eigenvalue weighted by molar-refractivity contribution is -0.134. The standard InChI is InChI=1S/C12H14N2O5S/c1-2-7-13-12(17)9-3-5-10(6-4-9)14-20(18,19)8-11(15)16/h2-6,14H,1,7-8H2,(H,13,17)(H,15,16). The lowest BCUT2D eigenvalue weighted by Gasteiger charge is -2.07. The van der Waals surface area contributed by atoms with Crippen LogP contribution in [0, 0.1) is 0 Å². The van der Waals surface area contributed by atoms with Crippen molar-refractivity contribution in [2.75, 3.05) is 17.0 Å². The van der Waals surface area contributed by atoms with Crippen molar-refractivity contribution >= 4 is 27.6 Å². The van der Waals surface area contributed by atoms with Gasteiger partial charge in [0.25, 0.3) is 5.91 Å². The second-order valence-corrected chi connectivity index (χ2v) is 5.55. The number of hydrogen-bond acceptors (Lipinski definition) is 4. The molecular weight excluding hydrogens is 284 g/mol. The molecule has 0 unspecified atom stereocenters. The van der Waals surface area contributed by atoms with Crippen LogP contribution in [0.1, 0.15) is 10.4 Å². The molecule has 1 rings (SSSR count). The summed E-state index contributed by atoms with van der Waals surface area (Å²) in [5, 5.41) is 11.0. The van der Waals surface area contributed by atoms with Crippen LogP contribution >= 0.6 is 0 Å². The molecule has 0 saturated carbocycles. The van der Waals surface area contributed by atoms with Gasteiger partial charge in [0.05, 0.1) is 0 Å². The minimum absolute atomic E-state index is 0.187. The van der Waals surface area contributed by atoms with E-state index in [1.54, 1.807) is 0 Å². The van der Waals surface area contributed by atoms with E-state index in [0.717, 1.165) is 0 Å². The largest absolute Gasteiger partial charge is 0.480 e. The van der Waals surface area contributed by atoms with Crippen LogP contribution in [0.5, 0.6) is 0 Å². The van der Waals surface area contributed by atoms with Gasteiger partial charge in [-0.15, -0.1) is 6.58 Å². The summed E-state index contributed by atoms with van der Waals surface area (Å²) in [7, 11) is -3.94. The average Bonchev–Trinajstić information content (AvgIpc) is 2.34. The molecule has 0 aliphatic rings. The number of hydrogen-bond donors (Lipinski definition) is 3. The first-order chi connectivity index (χ1) is 9.34. The third-order valence-corrected chi connectivity index (χ3v) is 3.31. The van der Waals surface area contributed by atoms with Gasteiger partial charge in [0.1, 0.15) is 0 Å². The Balaban J connectivity index is 2.74. The van der Waals surface area contributed by atoms with E-state index in [4.69, 9.17) is 5.11 Å². The third-order valence-electron chi connectivity index (χ3n) is 2.14. The Morgan fingerprint density at radius 1 is 1.25 bits per heavy atom. The summed E-state index contributed by atoms with van der Waals surface area (Å²) in [4.78, 5) is 21.9. The van der Waals surface area contributed by atoms with Crippen molar-refractivity contribution in [1.29, 1.82) is 0 Å². The van der Waals surface area contributed by atoms with E-state index >= 15 is 0 Å². The van der Waals surface area contributed by atoms with Crippen LogP contribution < -0.4 is 10.0 Å². The molecule has 0 aliphatic heterocycles. The summed E-state index contributed by atoms with van der Waals surface area (Å²) in [6, 6.07) is 5.61. The van der Waals surface area contributed by atoms with Crippen molar-refractivity contribution in [2.24, 2.45) is 0 Å². The van der Waals surface area contributed by atoms with Gasteiger partial charge < -0.3 is 10.4 Å². The predicted molar refractivity (Wildman–Crippen MR) is 74.0 cm³/mol. The highest BCUT2D eigenvalue weighted by Crippen LogP contribution is 2.11. The maximum absolute atomic E-state index is 11.6. The number of amides is 1. The summed E-state index contributed by atoms with van der Waals surface area (Å²) in [5.74, 6) is -2.78. The first kappa shape index (κ1) is 15.7. The van der Waals surface area contributed by atoms with Crippen molar-refractivity contribution < 1.29 is 23.1 Å². The fourth-order valence-electron chi connectivity index (χ4n) is 1.33. The molecule has 0 heterocycles. The van der Waals surface area contributed by atoms with Crippen LogP contribution in [0.15, 0.2) is 36.9 Å². The fraction of sp³-hybridized carbons (Fsp3) is 0.167. The van der Waals surface area contributed by atoms with Gasteiger partial charge >= 0.3 is 5.97 Å². The van der Waals surface area contributed by atoms with Crippen LogP contribution in [0.4, 0.5) is 5.69 Å². The maximum Gasteiger partial charge on any atom is 0.320 e. The monoisotopic (exact) mass is 298 g/mol. The van der Waals surface area contributed by atoms with E-state index in [0.29, 0.717) is 12.1 Å². The Morgan fingerprint density at radius 2 is 1.85 bits per heavy atom. The summed E-state index contributed by atoms with van der Waals surface area (Å²) < 4.78 is 24.9. The molecule has 0 bridgehead atoms. The molecule has 108 valence electrons. The van der Waals surface area contributed by atoms with E-state index < -0.39 is 21.7 Å². The molecule has 20 heavy (non-hydrogen) atoms. The number of nitrogens with one attached hydrogen (secondary N) is 2. The molecule has 0 fully saturated rings. The van der Waals surface area contributed by atoms with Gasteiger partial charge in [0.15, 0.2) is 5.75 Å². The zero-order chi connectivity index (χ0) is 15.2. The highest BCUT2D eigenvalue weighted by atomic mass is 32.2. The Labute approximate surface area is 116 Å². The predicted octanol–water partition coefficient (Wildman–Crippen LogP) is 0.429. The van der Waals surface area contributed by atoms with Gasteiger partial charge in [-0.05, 0) is 24.3 Å². The number of benzene rings is 1. The Kier molecular flexibility index (Phi) is 5.27. The highest BCUT2D eigenvalue weighted by Gasteiger charge is 2.15. The van der Waals surface area contributed by atoms with Crippen LogP contribution in [-0.2, 0) is 14.8 Å². The number of carbonyl (C=O) groups is 2. The number of carboxylic acid groups (broad SMARTS) is 1. The smallest absolute Gasteiger partial charge is 0.320 e. The molecule has 0 saturated heterocycles. The van der Waals surface area contributed by atoms with Gasteiger partial charge in [-0.2, -0.15) is 0 Å². The quantitative estimate of drug-likeness (QED) is 0.632. The molecule has 7 nitrogen and oxygen atoms in total. The van der Waals surface area contributed by atoms with Gasteiger partial charge in [-0.3, -0.25) is 14.3 Å². The zero-order valence-corrected chi connectivity index (χ0v) is 11.3. The van der Waals surface area contributed by atoms with Crippen LogP contribution in [-0.4, -0.2) is 37.7 Å². The number of carbonyl (C=O) groups excluding carboxylic acids is 1. The Bertz CT molecular complexity index is 607. The van der Waals surface area contributed by atoms with Gasteiger partial charge in [0, 0.05) is 17.8 Å². The van der Waals surface area contributed by atoms with E-state index in [1.807, 2.05) is 0 Å². The second kappa shape index (κ2) is 6.71. The maximum atomic E-state index is 11.6. The lowest BCUT2D eigenvalue weighted by Crippen LogP contribution is -2.23. The summed E-state index contributed by atoms with van der Waals surface area (Å²) in [6.07, 6.45) is 1.53. The first-order valence-corrected chi connectivity index (χ1v) is 7.21. The number of aliphatic carboxylic acids is 1. The van der Waals surface area contributed by atoms with Crippen LogP contribution in [0.3, 0.4) is 0 Å². The second-order valence-electron chi connectivity index (χ2n) is 3.83. The van der Waals surface area contributed by atoms with Crippen molar-refractivity contribution in [3.63, 3.8) is 0 Å². The molecule has 0 radical (unpaired) electrons. The molecule has 1 amide bonds. The van der Waals surface area contributed by atoms with Crippen LogP contribution in [0.2, 0.25) is 0 Å². The van der Waals surface area contributed by atoms with Crippen LogP contribution in [0.25, 0.3) is 0 Å². The highest BCUT2D eigenvalue weighted by molar-refractivity contribution is 7.93. The molecule has 8 heteroatoms. The molecule has 0 aromatic heterocycles. The van der Waals surface area contributed by atoms with Crippen molar-refractivity contribution in [1.82, 2.24) is 5.32 Å². The summed E-state index contributed by atoms with van der Waals surface area (Å²) >= 11 is 0. The minimum Gasteiger partial charge on any atom is -0.480 e. The third kappa shape index (κ3) is 5.11. The molecule has 0 spiro atoms. The SMILES string of the molecule is C=CCNC(=O)c1ccc(NS(=O)(=O)CC(=O)O)cc1. The molecule has 0 atom stereocenters. The average molecular weight is 298 g/mol. The summed E-state index contributed by atoms with van der Waals surface area (Å²) in [5.41, 5.74) is 0.541. The van der Waals surface area contributed by atoms with E-state index in [1.165, 1.54) is 30.3 Å². The number of anilines is 1. The normalized spacial score (nSPS) is 10.6. The zero-order valence-electron chi connectivity index (χ0n) is 10.5. The fourth-order valence-corrected chi connectivity index (χ4v) is 2.23. The van der Waals surface area contributed by atoms with Gasteiger partial charge in [-0.25, -0.2) is 8.42 Å². The van der Waals surface area contributed by atoms with Gasteiger partial charge in [-0.1, -0.05) is 6.08 Å². The van der Waals surface area contributed by atoms with Crippen molar-refractivity contribution in [3.05, 3.63) is 42.5 Å². The summed E-state index contributed by atoms with van der Waals surface area (Å²) in [6.45, 7) is 3.79. The molecular formula is C12H14N2O5S. The number of rotatable bonds is 7. The first-order valence-electron chi connectivity index (χ1n) is 5.55. The van der Waals surface area contributed by atoms with E-state index in [-0.39, 0.29) is 11.6 Å². The Hall–Kier alpha value is -2.35. The molecule has 1 aromatic carbocycles. The van der Waals surface area contributed by atoms with Crippen molar-refractivity contribution in [3.8, 4) is 0 Å². The molecule has 1 aromatic rings. The van der Waals surface area contributed by atoms with E-state index in [2.05, 4.69) is 16.6 Å². The van der Waals surface area contributed by atoms with E-state index in [9.17, 15) is 18.0 Å². The number of sulfonamides is 1.